The van der Waals surface area contributed by atoms with Crippen LogP contribution >= 0.6 is 0 Å². The first kappa shape index (κ1) is 8.98. The van der Waals surface area contributed by atoms with Crippen molar-refractivity contribution in [2.45, 2.75) is 13.3 Å². The molecule has 0 spiro atoms. The van der Waals surface area contributed by atoms with Gasteiger partial charge >= 0.3 is 0 Å². The molecule has 0 aliphatic rings. The van der Waals surface area contributed by atoms with E-state index in [2.05, 4.69) is 36.2 Å². The average molecular weight is 161 g/mol. The summed E-state index contributed by atoms with van der Waals surface area (Å²) in [4.78, 5) is 4.01. The first-order valence-electron chi connectivity index (χ1n) is 4.29. The molecule has 1 rings (SSSR count). The molecule has 12 heavy (non-hydrogen) atoms. The minimum Gasteiger partial charge on any atom is -0.301 e. The molecule has 1 heteroatoms. The summed E-state index contributed by atoms with van der Waals surface area (Å²) in [5.41, 5.74) is 1.38. The van der Waals surface area contributed by atoms with Gasteiger partial charge in [0, 0.05) is 13.3 Å². The van der Waals surface area contributed by atoms with Gasteiger partial charge in [0.05, 0.1) is 0 Å². The standard InChI is InChI=1S/C11H15N/c1-10(9-12-2)8-11-6-4-3-5-7-11/h3-7,9-10H,8H2,1-2H3. The third kappa shape index (κ3) is 2.87. The molecular weight excluding hydrogens is 146 g/mol. The van der Waals surface area contributed by atoms with Gasteiger partial charge in [-0.15, -0.1) is 0 Å². The van der Waals surface area contributed by atoms with E-state index in [1.54, 1.807) is 0 Å². The fraction of sp³-hybridized carbons (Fsp3) is 0.364. The topological polar surface area (TPSA) is 12.4 Å². The minimum atomic E-state index is 0.539. The van der Waals surface area contributed by atoms with Crippen molar-refractivity contribution in [1.29, 1.82) is 0 Å². The molecule has 0 radical (unpaired) electrons. The Morgan fingerprint density at radius 1 is 1.33 bits per heavy atom. The fourth-order valence-electron chi connectivity index (χ4n) is 1.29. The van der Waals surface area contributed by atoms with Gasteiger partial charge in [0.25, 0.3) is 0 Å². The lowest BCUT2D eigenvalue weighted by atomic mass is 10.0. The van der Waals surface area contributed by atoms with E-state index in [0.29, 0.717) is 5.92 Å². The Labute approximate surface area is 74.2 Å². The Bertz CT molecular complexity index is 238. The summed E-state index contributed by atoms with van der Waals surface area (Å²) in [6.45, 7) is 2.18. The van der Waals surface area contributed by atoms with Gasteiger partial charge in [-0.05, 0) is 17.9 Å². The highest BCUT2D eigenvalue weighted by Gasteiger charge is 1.98. The molecule has 1 aromatic carbocycles. The van der Waals surface area contributed by atoms with E-state index >= 15 is 0 Å². The van der Waals surface area contributed by atoms with Gasteiger partial charge in [0.2, 0.25) is 0 Å². The zero-order chi connectivity index (χ0) is 8.81. The van der Waals surface area contributed by atoms with Crippen molar-refractivity contribution in [2.24, 2.45) is 10.9 Å². The Morgan fingerprint density at radius 3 is 2.58 bits per heavy atom. The summed E-state index contributed by atoms with van der Waals surface area (Å²) in [5.74, 6) is 0.539. The highest BCUT2D eigenvalue weighted by atomic mass is 14.6. The van der Waals surface area contributed by atoms with E-state index < -0.39 is 0 Å². The largest absolute Gasteiger partial charge is 0.301 e. The lowest BCUT2D eigenvalue weighted by Gasteiger charge is -2.04. The Hall–Kier alpha value is -1.11. The molecule has 0 amide bonds. The molecule has 64 valence electrons. The molecule has 1 unspecified atom stereocenters. The van der Waals surface area contributed by atoms with Crippen molar-refractivity contribution in [1.82, 2.24) is 0 Å². The van der Waals surface area contributed by atoms with E-state index in [4.69, 9.17) is 0 Å². The van der Waals surface area contributed by atoms with E-state index in [1.807, 2.05) is 19.3 Å². The van der Waals surface area contributed by atoms with Crippen LogP contribution in [-0.2, 0) is 6.42 Å². The molecule has 1 atom stereocenters. The SMILES string of the molecule is CN=CC(C)Cc1ccccc1. The number of hydrogen-bond donors (Lipinski definition) is 0. The quantitative estimate of drug-likeness (QED) is 0.604. The maximum Gasteiger partial charge on any atom is 0.0273 e. The van der Waals surface area contributed by atoms with Crippen molar-refractivity contribution in [3.8, 4) is 0 Å². The summed E-state index contributed by atoms with van der Waals surface area (Å²) in [5, 5.41) is 0. The van der Waals surface area contributed by atoms with E-state index in [0.717, 1.165) is 6.42 Å². The molecule has 0 aliphatic heterocycles. The zero-order valence-electron chi connectivity index (χ0n) is 7.70. The molecule has 0 saturated carbocycles. The number of nitrogens with zero attached hydrogens (tertiary/aromatic N) is 1. The van der Waals surface area contributed by atoms with Crippen LogP contribution in [0, 0.1) is 5.92 Å². The van der Waals surface area contributed by atoms with Crippen LogP contribution < -0.4 is 0 Å². The van der Waals surface area contributed by atoms with Crippen LogP contribution in [0.2, 0.25) is 0 Å². The summed E-state index contributed by atoms with van der Waals surface area (Å²) >= 11 is 0. The lowest BCUT2D eigenvalue weighted by Crippen LogP contribution is -2.00. The predicted octanol–water partition coefficient (Wildman–Crippen LogP) is 2.57. The van der Waals surface area contributed by atoms with Gasteiger partial charge in [-0.2, -0.15) is 0 Å². The van der Waals surface area contributed by atoms with Gasteiger partial charge in [-0.1, -0.05) is 37.3 Å². The average Bonchev–Trinajstić information content (AvgIpc) is 2.06. The third-order valence-corrected chi connectivity index (χ3v) is 1.80. The smallest absolute Gasteiger partial charge is 0.0273 e. The molecule has 1 aromatic rings. The monoisotopic (exact) mass is 161 g/mol. The second-order valence-corrected chi connectivity index (χ2v) is 3.07. The highest BCUT2D eigenvalue weighted by Crippen LogP contribution is 2.05. The lowest BCUT2D eigenvalue weighted by molar-refractivity contribution is 0.782. The van der Waals surface area contributed by atoms with Crippen LogP contribution in [-0.4, -0.2) is 13.3 Å². The fourth-order valence-corrected chi connectivity index (χ4v) is 1.29. The van der Waals surface area contributed by atoms with Gasteiger partial charge in [0.15, 0.2) is 0 Å². The van der Waals surface area contributed by atoms with Crippen LogP contribution in [0.25, 0.3) is 0 Å². The van der Waals surface area contributed by atoms with Gasteiger partial charge in [-0.3, -0.25) is 0 Å². The Balaban J connectivity index is 2.52. The second-order valence-electron chi connectivity index (χ2n) is 3.07. The molecule has 0 bridgehead atoms. The molecule has 0 saturated heterocycles. The van der Waals surface area contributed by atoms with Crippen molar-refractivity contribution >= 4 is 6.21 Å². The normalized spacial score (nSPS) is 13.5. The highest BCUT2D eigenvalue weighted by molar-refractivity contribution is 5.60. The van der Waals surface area contributed by atoms with Gasteiger partial charge in [-0.25, -0.2) is 0 Å². The van der Waals surface area contributed by atoms with Crippen LogP contribution in [0.3, 0.4) is 0 Å². The molecular formula is C11H15N. The number of rotatable bonds is 3. The summed E-state index contributed by atoms with van der Waals surface area (Å²) < 4.78 is 0. The number of aliphatic imine (C=N–C) groups is 1. The molecule has 1 nitrogen and oxygen atoms in total. The zero-order valence-corrected chi connectivity index (χ0v) is 7.70. The molecule has 0 fully saturated rings. The van der Waals surface area contributed by atoms with Crippen LogP contribution in [0.5, 0.6) is 0 Å². The Morgan fingerprint density at radius 2 is 2.00 bits per heavy atom. The van der Waals surface area contributed by atoms with Crippen LogP contribution in [0.15, 0.2) is 35.3 Å². The first-order chi connectivity index (χ1) is 5.83. The second kappa shape index (κ2) is 4.70. The van der Waals surface area contributed by atoms with E-state index in [-0.39, 0.29) is 0 Å². The van der Waals surface area contributed by atoms with Crippen molar-refractivity contribution in [2.75, 3.05) is 7.05 Å². The Kier molecular flexibility index (Phi) is 3.52. The predicted molar refractivity (Wildman–Crippen MR) is 53.7 cm³/mol. The van der Waals surface area contributed by atoms with Crippen molar-refractivity contribution < 1.29 is 0 Å². The molecule has 0 aliphatic carbocycles. The molecule has 0 heterocycles. The summed E-state index contributed by atoms with van der Waals surface area (Å²) in [6.07, 6.45) is 3.07. The number of hydrogen-bond acceptors (Lipinski definition) is 1. The van der Waals surface area contributed by atoms with Crippen molar-refractivity contribution in [3.63, 3.8) is 0 Å². The van der Waals surface area contributed by atoms with Gasteiger partial charge in [0.1, 0.15) is 0 Å². The maximum absolute atomic E-state index is 4.01. The minimum absolute atomic E-state index is 0.539. The van der Waals surface area contributed by atoms with Crippen LogP contribution in [0.4, 0.5) is 0 Å². The summed E-state index contributed by atoms with van der Waals surface area (Å²) in [7, 11) is 1.82. The maximum atomic E-state index is 4.01. The summed E-state index contributed by atoms with van der Waals surface area (Å²) in [6, 6.07) is 10.5. The van der Waals surface area contributed by atoms with Crippen LogP contribution in [0.1, 0.15) is 12.5 Å². The van der Waals surface area contributed by atoms with E-state index in [1.165, 1.54) is 5.56 Å². The van der Waals surface area contributed by atoms with Gasteiger partial charge < -0.3 is 4.99 Å². The van der Waals surface area contributed by atoms with Crippen molar-refractivity contribution in [3.05, 3.63) is 35.9 Å². The first-order valence-corrected chi connectivity index (χ1v) is 4.29. The molecule has 0 aromatic heterocycles. The number of benzene rings is 1. The molecule has 0 N–H and O–H groups in total. The third-order valence-electron chi connectivity index (χ3n) is 1.80. The van der Waals surface area contributed by atoms with E-state index in [9.17, 15) is 0 Å².